The van der Waals surface area contributed by atoms with E-state index in [4.69, 9.17) is 15.4 Å². The molecule has 7 nitrogen and oxygen atoms in total. The number of nitrogens with two attached hydrogens (primary N) is 2. The highest BCUT2D eigenvalue weighted by Gasteiger charge is 2.32. The summed E-state index contributed by atoms with van der Waals surface area (Å²) in [6.45, 7) is 0.165. The molecule has 0 aromatic rings. The monoisotopic (exact) mass is 178 g/mol. The first-order valence-corrected chi connectivity index (χ1v) is 3.27. The van der Waals surface area contributed by atoms with Crippen LogP contribution in [-0.2, 0) is 23.9 Å². The number of rotatable bonds is 3. The summed E-state index contributed by atoms with van der Waals surface area (Å²) in [5, 5.41) is 0. The van der Waals surface area contributed by atoms with Gasteiger partial charge in [-0.25, -0.2) is 10.7 Å². The summed E-state index contributed by atoms with van der Waals surface area (Å²) in [7, 11) is 0. The van der Waals surface area contributed by atoms with Gasteiger partial charge in [-0.2, -0.15) is 5.90 Å². The Bertz CT molecular complexity index is 164. The van der Waals surface area contributed by atoms with Gasteiger partial charge in [0.05, 0.1) is 6.61 Å². The number of hydrogen-bond donors (Lipinski definition) is 2. The molecule has 7 heteroatoms. The lowest BCUT2D eigenvalue weighted by Crippen LogP contribution is -2.29. The van der Waals surface area contributed by atoms with Crippen molar-refractivity contribution in [3.05, 3.63) is 0 Å². The molecule has 0 amide bonds. The molecule has 0 unspecified atom stereocenters. The first kappa shape index (κ1) is 9.36. The molecule has 4 N–H and O–H groups in total. The van der Waals surface area contributed by atoms with Crippen LogP contribution in [0.25, 0.3) is 0 Å². The third-order valence-electron chi connectivity index (χ3n) is 1.36. The second kappa shape index (κ2) is 4.33. The third-order valence-corrected chi connectivity index (χ3v) is 1.36. The molecular weight excluding hydrogens is 168 g/mol. The molecule has 1 heterocycles. The Balaban J connectivity index is 2.30. The van der Waals surface area contributed by atoms with E-state index < -0.39 is 18.4 Å². The molecule has 12 heavy (non-hydrogen) atoms. The summed E-state index contributed by atoms with van der Waals surface area (Å²) < 4.78 is 9.92. The van der Waals surface area contributed by atoms with Crippen LogP contribution in [-0.4, -0.2) is 31.6 Å². The van der Waals surface area contributed by atoms with Gasteiger partial charge in [0.15, 0.2) is 12.4 Å². The summed E-state index contributed by atoms with van der Waals surface area (Å²) in [5.41, 5.74) is 0. The first-order chi connectivity index (χ1) is 5.77. The van der Waals surface area contributed by atoms with Gasteiger partial charge in [0.2, 0.25) is 0 Å². The Labute approximate surface area is 68.4 Å². The Hall–Kier alpha value is -0.730. The topological polar surface area (TPSA) is 106 Å². The minimum absolute atomic E-state index is 0.0638. The quantitative estimate of drug-likeness (QED) is 0.483. The van der Waals surface area contributed by atoms with Crippen molar-refractivity contribution in [2.45, 2.75) is 12.4 Å². The van der Waals surface area contributed by atoms with Crippen LogP contribution in [0.3, 0.4) is 0 Å². The van der Waals surface area contributed by atoms with E-state index in [1.807, 2.05) is 0 Å². The Morgan fingerprint density at radius 1 is 1.58 bits per heavy atom. The maximum absolute atomic E-state index is 10.7. The molecule has 70 valence electrons. The Morgan fingerprint density at radius 2 is 2.33 bits per heavy atom. The van der Waals surface area contributed by atoms with Gasteiger partial charge in [0, 0.05) is 0 Å². The SMILES string of the molecule is NOC[C@@H]1OC[C@@H](C(=O)ON)O1. The van der Waals surface area contributed by atoms with Gasteiger partial charge in [-0.05, 0) is 0 Å². The molecule has 0 radical (unpaired) electrons. The van der Waals surface area contributed by atoms with Crippen molar-refractivity contribution < 1.29 is 23.9 Å². The lowest BCUT2D eigenvalue weighted by atomic mass is 10.4. The number of carbonyl (C=O) groups excluding carboxylic acids is 1. The highest BCUT2D eigenvalue weighted by molar-refractivity contribution is 5.74. The van der Waals surface area contributed by atoms with Crippen LogP contribution in [0.15, 0.2) is 0 Å². The van der Waals surface area contributed by atoms with Crippen molar-refractivity contribution in [1.82, 2.24) is 0 Å². The summed E-state index contributed by atoms with van der Waals surface area (Å²) in [5.74, 6) is 8.72. The molecule has 0 aromatic heterocycles. The molecule has 0 saturated carbocycles. The molecule has 1 saturated heterocycles. The van der Waals surface area contributed by atoms with Crippen LogP contribution in [0.5, 0.6) is 0 Å². The average molecular weight is 178 g/mol. The van der Waals surface area contributed by atoms with E-state index in [0.717, 1.165) is 0 Å². The molecule has 1 fully saturated rings. The van der Waals surface area contributed by atoms with E-state index in [9.17, 15) is 4.79 Å². The Kier molecular flexibility index (Phi) is 3.38. The zero-order valence-corrected chi connectivity index (χ0v) is 6.26. The van der Waals surface area contributed by atoms with Crippen molar-refractivity contribution in [3.8, 4) is 0 Å². The molecule has 1 rings (SSSR count). The predicted molar refractivity (Wildman–Crippen MR) is 35.0 cm³/mol. The summed E-state index contributed by atoms with van der Waals surface area (Å²) in [6.07, 6.45) is -1.41. The van der Waals surface area contributed by atoms with Crippen molar-refractivity contribution in [2.24, 2.45) is 11.8 Å². The van der Waals surface area contributed by atoms with Crippen LogP contribution in [0.2, 0.25) is 0 Å². The van der Waals surface area contributed by atoms with Crippen LogP contribution < -0.4 is 11.8 Å². The van der Waals surface area contributed by atoms with Crippen molar-refractivity contribution in [1.29, 1.82) is 0 Å². The summed E-state index contributed by atoms with van der Waals surface area (Å²) in [6, 6.07) is 0. The molecule has 0 spiro atoms. The van der Waals surface area contributed by atoms with E-state index in [-0.39, 0.29) is 13.2 Å². The molecular formula is C5H10N2O5. The predicted octanol–water partition coefficient (Wildman–Crippen LogP) is -1.96. The van der Waals surface area contributed by atoms with Crippen molar-refractivity contribution >= 4 is 5.97 Å². The number of ether oxygens (including phenoxy) is 2. The summed E-state index contributed by atoms with van der Waals surface area (Å²) in [4.78, 5) is 18.9. The second-order valence-corrected chi connectivity index (χ2v) is 2.16. The van der Waals surface area contributed by atoms with Gasteiger partial charge in [-0.1, -0.05) is 0 Å². The molecule has 1 aliphatic heterocycles. The normalized spacial score (nSPS) is 28.8. The number of carbonyl (C=O) groups is 1. The largest absolute Gasteiger partial charge is 0.371 e. The smallest absolute Gasteiger partial charge is 0.356 e. The summed E-state index contributed by atoms with van der Waals surface area (Å²) >= 11 is 0. The second-order valence-electron chi connectivity index (χ2n) is 2.16. The van der Waals surface area contributed by atoms with Crippen LogP contribution in [0.1, 0.15) is 0 Å². The van der Waals surface area contributed by atoms with Gasteiger partial charge in [0.1, 0.15) is 6.61 Å². The number of hydrogen-bond acceptors (Lipinski definition) is 7. The van der Waals surface area contributed by atoms with Crippen molar-refractivity contribution in [3.63, 3.8) is 0 Å². The van der Waals surface area contributed by atoms with Crippen LogP contribution >= 0.6 is 0 Å². The van der Waals surface area contributed by atoms with Crippen LogP contribution in [0, 0.1) is 0 Å². The zero-order chi connectivity index (χ0) is 8.97. The molecule has 0 bridgehead atoms. The lowest BCUT2D eigenvalue weighted by molar-refractivity contribution is -0.160. The molecule has 0 aliphatic carbocycles. The fourth-order valence-electron chi connectivity index (χ4n) is 0.822. The fourth-order valence-corrected chi connectivity index (χ4v) is 0.822. The Morgan fingerprint density at radius 3 is 2.92 bits per heavy atom. The molecule has 2 atom stereocenters. The van der Waals surface area contributed by atoms with Crippen molar-refractivity contribution in [2.75, 3.05) is 13.2 Å². The van der Waals surface area contributed by atoms with Crippen LogP contribution in [0.4, 0.5) is 0 Å². The fraction of sp³-hybridized carbons (Fsp3) is 0.800. The highest BCUT2D eigenvalue weighted by atomic mass is 16.8. The van der Waals surface area contributed by atoms with Gasteiger partial charge in [-0.15, -0.1) is 0 Å². The first-order valence-electron chi connectivity index (χ1n) is 3.27. The third kappa shape index (κ3) is 2.13. The van der Waals surface area contributed by atoms with E-state index in [1.165, 1.54) is 0 Å². The minimum atomic E-state index is -0.782. The maximum Gasteiger partial charge on any atom is 0.356 e. The highest BCUT2D eigenvalue weighted by Crippen LogP contribution is 2.11. The standard InChI is InChI=1S/C5H10N2O5/c6-10-2-4-9-1-3(11-4)5(8)12-7/h3-4H,1-2,6-7H2/t3-,4+/m0/s1. The van der Waals surface area contributed by atoms with Gasteiger partial charge in [-0.3, -0.25) is 4.84 Å². The van der Waals surface area contributed by atoms with E-state index in [1.54, 1.807) is 0 Å². The lowest BCUT2D eigenvalue weighted by Gasteiger charge is -2.07. The molecule has 0 aromatic carbocycles. The zero-order valence-electron chi connectivity index (χ0n) is 6.26. The van der Waals surface area contributed by atoms with Gasteiger partial charge in [0.25, 0.3) is 0 Å². The van der Waals surface area contributed by atoms with E-state index >= 15 is 0 Å². The average Bonchev–Trinajstić information content (AvgIpc) is 2.52. The minimum Gasteiger partial charge on any atom is -0.371 e. The maximum atomic E-state index is 10.7. The molecule has 1 aliphatic rings. The van der Waals surface area contributed by atoms with E-state index in [0.29, 0.717) is 0 Å². The van der Waals surface area contributed by atoms with Gasteiger partial charge < -0.3 is 14.3 Å². The van der Waals surface area contributed by atoms with Gasteiger partial charge >= 0.3 is 5.97 Å². The van der Waals surface area contributed by atoms with E-state index in [2.05, 4.69) is 15.6 Å².